The third kappa shape index (κ3) is 8.72. The lowest BCUT2D eigenvalue weighted by atomic mass is 10.0. The van der Waals surface area contributed by atoms with Crippen LogP contribution < -0.4 is 27.8 Å². The highest BCUT2D eigenvalue weighted by atomic mass is 16.4. The highest BCUT2D eigenvalue weighted by Gasteiger charge is 2.39. The summed E-state index contributed by atoms with van der Waals surface area (Å²) in [4.78, 5) is 61.0. The number of H-pyrrole nitrogens is 1. The smallest absolute Gasteiger partial charge is 0.326 e. The number of nitrogens with zero attached hydrogens (tertiary/aromatic N) is 2. The fraction of sp³-hybridized carbons (Fsp3) is 0.387. The molecule has 14 nitrogen and oxygen atoms in total. The van der Waals surface area contributed by atoms with Crippen LogP contribution in [0.25, 0.3) is 10.9 Å². The fourth-order valence-electron chi connectivity index (χ4n) is 5.49. The number of likely N-dealkylation sites (tertiary alicyclic amines) is 1. The summed E-state index contributed by atoms with van der Waals surface area (Å²) >= 11 is 0. The summed E-state index contributed by atoms with van der Waals surface area (Å²) in [6.07, 6.45) is 3.42. The van der Waals surface area contributed by atoms with E-state index in [1.807, 2.05) is 24.3 Å². The summed E-state index contributed by atoms with van der Waals surface area (Å²) in [5.74, 6) is -2.85. The summed E-state index contributed by atoms with van der Waals surface area (Å²) in [6, 6.07) is 9.52. The Hall–Kier alpha value is -5.11. The van der Waals surface area contributed by atoms with Crippen LogP contribution in [0.5, 0.6) is 5.75 Å². The second kappa shape index (κ2) is 15.1. The van der Waals surface area contributed by atoms with E-state index >= 15 is 0 Å². The lowest BCUT2D eigenvalue weighted by Crippen LogP contribution is -2.57. The maximum atomic E-state index is 13.9. The number of nitrogens with two attached hydrogens (primary N) is 3. The van der Waals surface area contributed by atoms with Gasteiger partial charge in [0.2, 0.25) is 17.7 Å². The molecule has 3 aromatic rings. The van der Waals surface area contributed by atoms with Gasteiger partial charge in [-0.15, -0.1) is 0 Å². The van der Waals surface area contributed by atoms with E-state index < -0.39 is 47.9 Å². The second-order valence-electron chi connectivity index (χ2n) is 11.1. The molecule has 0 aliphatic carbocycles. The van der Waals surface area contributed by atoms with Crippen molar-refractivity contribution in [2.75, 3.05) is 13.1 Å². The number of carboxylic acid groups (broad SMARTS) is 1. The van der Waals surface area contributed by atoms with Crippen LogP contribution in [0.1, 0.15) is 36.8 Å². The van der Waals surface area contributed by atoms with E-state index in [0.717, 1.165) is 16.5 Å². The van der Waals surface area contributed by atoms with Gasteiger partial charge in [-0.2, -0.15) is 0 Å². The summed E-state index contributed by atoms with van der Waals surface area (Å²) < 4.78 is 0. The number of guanidine groups is 1. The Morgan fingerprint density at radius 3 is 2.47 bits per heavy atom. The molecule has 0 saturated carbocycles. The number of fused-ring (bicyclic) bond motifs is 1. The normalized spacial score (nSPS) is 16.5. The van der Waals surface area contributed by atoms with E-state index in [4.69, 9.17) is 17.2 Å². The maximum Gasteiger partial charge on any atom is 0.326 e. The van der Waals surface area contributed by atoms with Crippen molar-refractivity contribution in [3.05, 3.63) is 65.9 Å². The number of aromatic hydroxyl groups is 1. The standard InChI is InChI=1S/C31H40N8O6/c32-22(6-3-13-35-31(33)34)27(41)37-24(15-18-9-11-20(40)12-10-18)29(43)39-14-4-8-26(39)28(42)38-25(30(44)45)16-19-17-36-23-7-2-1-5-21(19)23/h1-2,5,7,9-12,17,22,24-26,36,40H,3-4,6,8,13-16,32H2,(H,37,41)(H,38,42)(H,44,45)(H4,33,34,35). The molecule has 4 atom stereocenters. The van der Waals surface area contributed by atoms with Crippen molar-refractivity contribution in [3.63, 3.8) is 0 Å². The van der Waals surface area contributed by atoms with Gasteiger partial charge >= 0.3 is 5.97 Å². The van der Waals surface area contributed by atoms with Crippen molar-refractivity contribution in [1.29, 1.82) is 0 Å². The summed E-state index contributed by atoms with van der Waals surface area (Å²) in [5.41, 5.74) is 19.0. The molecule has 2 heterocycles. The Morgan fingerprint density at radius 1 is 1.02 bits per heavy atom. The van der Waals surface area contributed by atoms with Gasteiger partial charge in [-0.1, -0.05) is 30.3 Å². The number of aromatic nitrogens is 1. The number of carbonyl (C=O) groups is 4. The first-order valence-corrected chi connectivity index (χ1v) is 14.8. The zero-order valence-electron chi connectivity index (χ0n) is 24.8. The van der Waals surface area contributed by atoms with Gasteiger partial charge in [0, 0.05) is 43.0 Å². The maximum absolute atomic E-state index is 13.9. The molecule has 1 aliphatic rings. The van der Waals surface area contributed by atoms with Crippen molar-refractivity contribution in [2.45, 2.75) is 62.7 Å². The number of nitrogens with one attached hydrogen (secondary N) is 3. The van der Waals surface area contributed by atoms with Gasteiger partial charge in [0.1, 0.15) is 23.9 Å². The van der Waals surface area contributed by atoms with E-state index in [-0.39, 0.29) is 37.5 Å². The van der Waals surface area contributed by atoms with Gasteiger partial charge in [0.25, 0.3) is 0 Å². The Morgan fingerprint density at radius 2 is 1.76 bits per heavy atom. The molecule has 11 N–H and O–H groups in total. The molecule has 4 rings (SSSR count). The highest BCUT2D eigenvalue weighted by molar-refractivity contribution is 5.95. The average molecular weight is 621 g/mol. The number of aromatic amines is 1. The lowest BCUT2D eigenvalue weighted by Gasteiger charge is -2.30. The Labute approximate surface area is 260 Å². The minimum atomic E-state index is -1.22. The van der Waals surface area contributed by atoms with Crippen LogP contribution in [0.2, 0.25) is 0 Å². The number of para-hydroxylation sites is 1. The molecular formula is C31H40N8O6. The predicted octanol–water partition coefficient (Wildman–Crippen LogP) is 0.0848. The van der Waals surface area contributed by atoms with Crippen LogP contribution in [0.4, 0.5) is 0 Å². The number of carbonyl (C=O) groups excluding carboxylic acids is 3. The molecule has 3 amide bonds. The van der Waals surface area contributed by atoms with E-state index in [9.17, 15) is 29.4 Å². The first-order chi connectivity index (χ1) is 21.5. The van der Waals surface area contributed by atoms with Crippen LogP contribution in [0.3, 0.4) is 0 Å². The van der Waals surface area contributed by atoms with E-state index in [1.165, 1.54) is 17.0 Å². The fourth-order valence-corrected chi connectivity index (χ4v) is 5.49. The van der Waals surface area contributed by atoms with Crippen molar-refractivity contribution < 1.29 is 29.4 Å². The first kappa shape index (κ1) is 32.8. The SMILES string of the molecule is NC(N)=NCCCC(N)C(=O)NC(Cc1ccc(O)cc1)C(=O)N1CCCC1C(=O)NC(Cc1c[nH]c2ccccc12)C(=O)O. The molecule has 0 radical (unpaired) electrons. The third-order valence-corrected chi connectivity index (χ3v) is 7.85. The number of aliphatic carboxylic acids is 1. The van der Waals surface area contributed by atoms with Gasteiger partial charge < -0.3 is 47.9 Å². The lowest BCUT2D eigenvalue weighted by molar-refractivity contribution is -0.144. The number of carboxylic acids is 1. The number of phenols is 1. The molecule has 45 heavy (non-hydrogen) atoms. The summed E-state index contributed by atoms with van der Waals surface area (Å²) in [7, 11) is 0. The van der Waals surface area contributed by atoms with Crippen LogP contribution >= 0.6 is 0 Å². The monoisotopic (exact) mass is 620 g/mol. The number of rotatable bonds is 14. The van der Waals surface area contributed by atoms with Crippen molar-refractivity contribution in [2.24, 2.45) is 22.2 Å². The van der Waals surface area contributed by atoms with Crippen LogP contribution in [-0.4, -0.2) is 87.0 Å². The van der Waals surface area contributed by atoms with E-state index in [0.29, 0.717) is 31.4 Å². The topological polar surface area (TPSA) is 242 Å². The van der Waals surface area contributed by atoms with Crippen LogP contribution in [0, 0.1) is 0 Å². The molecule has 1 fully saturated rings. The number of aliphatic imine (C=N–C) groups is 1. The zero-order chi connectivity index (χ0) is 32.5. The van der Waals surface area contributed by atoms with E-state index in [1.54, 1.807) is 18.3 Å². The van der Waals surface area contributed by atoms with Gasteiger partial charge in [-0.3, -0.25) is 19.4 Å². The number of hydrogen-bond donors (Lipinski definition) is 8. The van der Waals surface area contributed by atoms with Crippen molar-refractivity contribution >= 4 is 40.6 Å². The van der Waals surface area contributed by atoms with Gasteiger partial charge in [-0.05, 0) is 55.0 Å². The zero-order valence-corrected chi connectivity index (χ0v) is 24.8. The Bertz CT molecular complexity index is 1530. The van der Waals surface area contributed by atoms with Gasteiger partial charge in [0.05, 0.1) is 6.04 Å². The molecule has 4 unspecified atom stereocenters. The molecular weight excluding hydrogens is 580 g/mol. The quantitative estimate of drug-likeness (QED) is 0.0690. The molecule has 14 heteroatoms. The number of hydrogen-bond acceptors (Lipinski definition) is 7. The molecule has 1 aliphatic heterocycles. The molecule has 2 aromatic carbocycles. The molecule has 1 saturated heterocycles. The molecule has 240 valence electrons. The van der Waals surface area contributed by atoms with Gasteiger partial charge in [0.15, 0.2) is 5.96 Å². The minimum Gasteiger partial charge on any atom is -0.508 e. The second-order valence-corrected chi connectivity index (χ2v) is 11.1. The number of phenolic OH excluding ortho intramolecular Hbond substituents is 1. The van der Waals surface area contributed by atoms with Crippen LogP contribution in [-0.2, 0) is 32.0 Å². The Kier molecular flexibility index (Phi) is 11.0. The molecule has 1 aromatic heterocycles. The molecule has 0 bridgehead atoms. The number of amides is 3. The first-order valence-electron chi connectivity index (χ1n) is 14.8. The Balaban J connectivity index is 1.47. The average Bonchev–Trinajstić information content (AvgIpc) is 3.67. The predicted molar refractivity (Wildman–Crippen MR) is 168 cm³/mol. The van der Waals surface area contributed by atoms with Crippen molar-refractivity contribution in [3.8, 4) is 5.75 Å². The summed E-state index contributed by atoms with van der Waals surface area (Å²) in [5, 5.41) is 25.9. The van der Waals surface area contributed by atoms with Crippen LogP contribution in [0.15, 0.2) is 59.7 Å². The van der Waals surface area contributed by atoms with Gasteiger partial charge in [-0.25, -0.2) is 4.79 Å². The largest absolute Gasteiger partial charge is 0.508 e. The third-order valence-electron chi connectivity index (χ3n) is 7.85. The van der Waals surface area contributed by atoms with E-state index in [2.05, 4.69) is 20.6 Å². The van der Waals surface area contributed by atoms with Crippen molar-refractivity contribution in [1.82, 2.24) is 20.5 Å². The number of benzene rings is 2. The minimum absolute atomic E-state index is 0.0466. The highest BCUT2D eigenvalue weighted by Crippen LogP contribution is 2.22. The summed E-state index contributed by atoms with van der Waals surface area (Å²) in [6.45, 7) is 0.547. The molecule has 0 spiro atoms.